The maximum absolute atomic E-state index is 10.2. The molecule has 0 saturated carbocycles. The minimum atomic E-state index is -0.599. The maximum atomic E-state index is 10.2. The predicted octanol–water partition coefficient (Wildman–Crippen LogP) is 4.25. The molecule has 0 aliphatic rings. The third-order valence-corrected chi connectivity index (χ3v) is 4.11. The topological polar surface area (TPSA) is 32.3 Å². The van der Waals surface area contributed by atoms with E-state index in [-0.39, 0.29) is 6.04 Å². The molecule has 0 aliphatic carbocycles. The first-order valence-electron chi connectivity index (χ1n) is 6.96. The summed E-state index contributed by atoms with van der Waals surface area (Å²) in [6, 6.07) is 15.8. The van der Waals surface area contributed by atoms with Crippen molar-refractivity contribution in [2.45, 2.75) is 25.5 Å². The van der Waals surface area contributed by atoms with Gasteiger partial charge in [-0.15, -0.1) is 0 Å². The van der Waals surface area contributed by atoms with Gasteiger partial charge in [0.1, 0.15) is 0 Å². The lowest BCUT2D eigenvalue weighted by Gasteiger charge is -2.18. The zero-order valence-electron chi connectivity index (χ0n) is 11.9. The first-order chi connectivity index (χ1) is 10.1. The molecule has 2 atom stereocenters. The van der Waals surface area contributed by atoms with Gasteiger partial charge >= 0.3 is 0 Å². The lowest BCUT2D eigenvalue weighted by Crippen LogP contribution is -2.32. The van der Waals surface area contributed by atoms with E-state index in [2.05, 4.69) is 24.4 Å². The molecular weight excluding hydrogens is 305 g/mol. The first-order valence-corrected chi connectivity index (χ1v) is 7.72. The highest BCUT2D eigenvalue weighted by atomic mass is 35.5. The van der Waals surface area contributed by atoms with E-state index in [0.717, 1.165) is 12.0 Å². The van der Waals surface area contributed by atoms with Gasteiger partial charge in [-0.1, -0.05) is 59.6 Å². The summed E-state index contributed by atoms with van der Waals surface area (Å²) in [5.41, 5.74) is 2.05. The van der Waals surface area contributed by atoms with Gasteiger partial charge in [0.2, 0.25) is 0 Å². The summed E-state index contributed by atoms with van der Waals surface area (Å²) >= 11 is 11.8. The highest BCUT2D eigenvalue weighted by Gasteiger charge is 2.11. The molecule has 0 heterocycles. The quantitative estimate of drug-likeness (QED) is 0.833. The first kappa shape index (κ1) is 16.3. The second kappa shape index (κ2) is 7.81. The van der Waals surface area contributed by atoms with E-state index in [0.29, 0.717) is 16.6 Å². The summed E-state index contributed by atoms with van der Waals surface area (Å²) in [4.78, 5) is 0. The van der Waals surface area contributed by atoms with Gasteiger partial charge in [0.15, 0.2) is 0 Å². The van der Waals surface area contributed by atoms with Gasteiger partial charge in [-0.05, 0) is 36.6 Å². The van der Waals surface area contributed by atoms with Gasteiger partial charge in [0.25, 0.3) is 0 Å². The van der Waals surface area contributed by atoms with Crippen LogP contribution in [0.3, 0.4) is 0 Å². The van der Waals surface area contributed by atoms with Crippen molar-refractivity contribution in [1.82, 2.24) is 5.32 Å². The molecule has 4 heteroatoms. The normalized spacial score (nSPS) is 13.9. The molecule has 2 nitrogen and oxygen atoms in total. The third-order valence-electron chi connectivity index (χ3n) is 3.37. The van der Waals surface area contributed by atoms with E-state index < -0.39 is 6.10 Å². The Morgan fingerprint density at radius 2 is 1.76 bits per heavy atom. The molecule has 2 aromatic carbocycles. The number of hydrogen-bond acceptors (Lipinski definition) is 2. The van der Waals surface area contributed by atoms with E-state index >= 15 is 0 Å². The van der Waals surface area contributed by atoms with Crippen molar-refractivity contribution in [2.75, 3.05) is 6.54 Å². The summed E-state index contributed by atoms with van der Waals surface area (Å²) in [6.07, 6.45) is 0.326. The molecule has 0 fully saturated rings. The second-order valence-electron chi connectivity index (χ2n) is 5.19. The minimum Gasteiger partial charge on any atom is -0.387 e. The number of aliphatic hydroxyl groups excluding tert-OH is 1. The van der Waals surface area contributed by atoms with Crippen LogP contribution in [0.4, 0.5) is 0 Å². The van der Waals surface area contributed by atoms with Gasteiger partial charge in [-0.25, -0.2) is 0 Å². The molecule has 21 heavy (non-hydrogen) atoms. The van der Waals surface area contributed by atoms with Crippen LogP contribution in [0.25, 0.3) is 0 Å². The lowest BCUT2D eigenvalue weighted by molar-refractivity contribution is 0.170. The number of nitrogens with one attached hydrogen (secondary N) is 1. The van der Waals surface area contributed by atoms with Crippen LogP contribution in [-0.4, -0.2) is 17.7 Å². The Balaban J connectivity index is 1.85. The summed E-state index contributed by atoms with van der Waals surface area (Å²) in [6.45, 7) is 2.58. The number of hydrogen-bond donors (Lipinski definition) is 2. The van der Waals surface area contributed by atoms with Crippen LogP contribution in [0.15, 0.2) is 48.5 Å². The van der Waals surface area contributed by atoms with Crippen molar-refractivity contribution in [3.8, 4) is 0 Å². The molecule has 0 aromatic heterocycles. The standard InChI is InChI=1S/C17H19Cl2NO/c1-12(9-13-5-3-2-4-6-13)20-11-17(21)14-7-8-15(18)16(19)10-14/h2-8,10,12,17,20-21H,9,11H2,1H3/t12?,17-/m0/s1. The van der Waals surface area contributed by atoms with Gasteiger partial charge in [-0.2, -0.15) is 0 Å². The monoisotopic (exact) mass is 323 g/mol. The predicted molar refractivity (Wildman–Crippen MR) is 89.0 cm³/mol. The Kier molecular flexibility index (Phi) is 6.07. The number of benzene rings is 2. The molecule has 1 unspecified atom stereocenters. The second-order valence-corrected chi connectivity index (χ2v) is 6.00. The Morgan fingerprint density at radius 1 is 1.05 bits per heavy atom. The van der Waals surface area contributed by atoms with Crippen LogP contribution in [0.1, 0.15) is 24.2 Å². The van der Waals surface area contributed by atoms with Crippen LogP contribution < -0.4 is 5.32 Å². The Labute approximate surface area is 135 Å². The minimum absolute atomic E-state index is 0.282. The molecule has 2 N–H and O–H groups in total. The summed E-state index contributed by atoms with van der Waals surface area (Å²) in [5.74, 6) is 0. The number of rotatable bonds is 6. The number of aliphatic hydroxyl groups is 1. The molecule has 0 spiro atoms. The Hall–Kier alpha value is -1.06. The van der Waals surface area contributed by atoms with Crippen LogP contribution in [0.2, 0.25) is 10.0 Å². The summed E-state index contributed by atoms with van der Waals surface area (Å²) in [7, 11) is 0. The average Bonchev–Trinajstić information content (AvgIpc) is 2.48. The summed E-state index contributed by atoms with van der Waals surface area (Å²) in [5, 5.41) is 14.5. The zero-order valence-corrected chi connectivity index (χ0v) is 13.4. The fourth-order valence-electron chi connectivity index (χ4n) is 2.19. The fraction of sp³-hybridized carbons (Fsp3) is 0.294. The SMILES string of the molecule is CC(Cc1ccccc1)NC[C@H](O)c1ccc(Cl)c(Cl)c1. The molecule has 0 aliphatic heterocycles. The van der Waals surface area contributed by atoms with Crippen molar-refractivity contribution >= 4 is 23.2 Å². The fourth-order valence-corrected chi connectivity index (χ4v) is 2.50. The molecule has 2 aromatic rings. The van der Waals surface area contributed by atoms with Crippen molar-refractivity contribution < 1.29 is 5.11 Å². The zero-order chi connectivity index (χ0) is 15.2. The van der Waals surface area contributed by atoms with Gasteiger partial charge in [0, 0.05) is 12.6 Å². The van der Waals surface area contributed by atoms with Crippen LogP contribution in [0, 0.1) is 0 Å². The van der Waals surface area contributed by atoms with Crippen LogP contribution >= 0.6 is 23.2 Å². The van der Waals surface area contributed by atoms with E-state index in [1.807, 2.05) is 18.2 Å². The number of halogens is 2. The van der Waals surface area contributed by atoms with Gasteiger partial charge in [-0.3, -0.25) is 0 Å². The largest absolute Gasteiger partial charge is 0.387 e. The van der Waals surface area contributed by atoms with Crippen molar-refractivity contribution in [1.29, 1.82) is 0 Å². The van der Waals surface area contributed by atoms with E-state index in [9.17, 15) is 5.11 Å². The molecule has 0 bridgehead atoms. The molecule has 112 valence electrons. The molecule has 2 rings (SSSR count). The van der Waals surface area contributed by atoms with Crippen molar-refractivity contribution in [2.24, 2.45) is 0 Å². The average molecular weight is 324 g/mol. The highest BCUT2D eigenvalue weighted by Crippen LogP contribution is 2.25. The van der Waals surface area contributed by atoms with Gasteiger partial charge in [0.05, 0.1) is 16.1 Å². The van der Waals surface area contributed by atoms with Gasteiger partial charge < -0.3 is 10.4 Å². The third kappa shape index (κ3) is 5.01. The van der Waals surface area contributed by atoms with Crippen LogP contribution in [0.5, 0.6) is 0 Å². The Bertz CT molecular complexity index is 574. The maximum Gasteiger partial charge on any atom is 0.0915 e. The smallest absolute Gasteiger partial charge is 0.0915 e. The highest BCUT2D eigenvalue weighted by molar-refractivity contribution is 6.42. The molecule has 0 saturated heterocycles. The van der Waals surface area contributed by atoms with Crippen LogP contribution in [-0.2, 0) is 6.42 Å². The Morgan fingerprint density at radius 3 is 2.43 bits per heavy atom. The van der Waals surface area contributed by atoms with E-state index in [4.69, 9.17) is 23.2 Å². The van der Waals surface area contributed by atoms with Crippen molar-refractivity contribution in [3.05, 3.63) is 69.7 Å². The lowest BCUT2D eigenvalue weighted by atomic mass is 10.1. The summed E-state index contributed by atoms with van der Waals surface area (Å²) < 4.78 is 0. The van der Waals surface area contributed by atoms with E-state index in [1.165, 1.54) is 5.56 Å². The molecule has 0 radical (unpaired) electrons. The molecule has 0 amide bonds. The van der Waals surface area contributed by atoms with E-state index in [1.54, 1.807) is 18.2 Å². The molecular formula is C17H19Cl2NO. The van der Waals surface area contributed by atoms with Crippen molar-refractivity contribution in [3.63, 3.8) is 0 Å².